The number of nitrogens with zero attached hydrogens (tertiary/aromatic N) is 4. The molecule has 0 unspecified atom stereocenters. The van der Waals surface area contributed by atoms with Gasteiger partial charge in [0.15, 0.2) is 0 Å². The first kappa shape index (κ1) is 24.1. The Morgan fingerprint density at radius 1 is 0.333 bits per heavy atom. The lowest BCUT2D eigenvalue weighted by molar-refractivity contribution is 1.25. The minimum absolute atomic E-state index is 1.07. The topological polar surface area (TPSA) is 32.3 Å². The number of pyridine rings is 2. The molecule has 2 aromatic heterocycles. The normalized spacial score (nSPS) is 11.3. The number of benzene rings is 6. The zero-order valence-corrected chi connectivity index (χ0v) is 22.8. The Balaban J connectivity index is 1.42. The van der Waals surface area contributed by atoms with Gasteiger partial charge in [0.2, 0.25) is 0 Å². The summed E-state index contributed by atoms with van der Waals surface area (Å²) in [5, 5.41) is 7.39. The van der Waals surface area contributed by atoms with Gasteiger partial charge in [-0.3, -0.25) is 9.97 Å². The molecule has 0 saturated carbocycles. The number of aromatic nitrogens is 2. The molecule has 0 atom stereocenters. The van der Waals surface area contributed by atoms with Gasteiger partial charge in [-0.05, 0) is 82.2 Å². The Kier molecular flexibility index (Phi) is 5.75. The molecule has 42 heavy (non-hydrogen) atoms. The number of hydrogen-bond donors (Lipinski definition) is 0. The predicted octanol–water partition coefficient (Wildman–Crippen LogP) is 10.3. The van der Waals surface area contributed by atoms with Crippen LogP contribution in [-0.2, 0) is 0 Å². The number of anilines is 6. The standard InChI is InChI=1S/C38H26N4/c1-3-7-29(8-4-1)41(31-19-23-39-24-20-31)35-17-13-27-11-12-28-14-18-36(34-16-15-33(35)37(27)38(28)34)42(30-9-5-2-6-10-30)32-21-25-40-26-22-32/h1-26H. The second-order valence-electron chi connectivity index (χ2n) is 10.3. The van der Waals surface area contributed by atoms with Crippen molar-refractivity contribution in [3.05, 3.63) is 158 Å². The molecule has 8 aromatic rings. The van der Waals surface area contributed by atoms with Crippen molar-refractivity contribution in [2.75, 3.05) is 9.80 Å². The molecule has 0 aliphatic rings. The third-order valence-corrected chi connectivity index (χ3v) is 7.97. The van der Waals surface area contributed by atoms with E-state index in [9.17, 15) is 0 Å². The second-order valence-corrected chi connectivity index (χ2v) is 10.3. The summed E-state index contributed by atoms with van der Waals surface area (Å²) >= 11 is 0. The first-order chi connectivity index (χ1) is 20.9. The van der Waals surface area contributed by atoms with E-state index < -0.39 is 0 Å². The highest BCUT2D eigenvalue weighted by Crippen LogP contribution is 2.47. The Labute approximate surface area is 244 Å². The van der Waals surface area contributed by atoms with Crippen LogP contribution in [0.15, 0.2) is 158 Å². The van der Waals surface area contributed by atoms with Crippen molar-refractivity contribution >= 4 is 66.4 Å². The average molecular weight is 539 g/mol. The van der Waals surface area contributed by atoms with Crippen LogP contribution in [0.3, 0.4) is 0 Å². The largest absolute Gasteiger partial charge is 0.310 e. The predicted molar refractivity (Wildman–Crippen MR) is 175 cm³/mol. The molecule has 0 amide bonds. The van der Waals surface area contributed by atoms with Gasteiger partial charge < -0.3 is 9.80 Å². The lowest BCUT2D eigenvalue weighted by atomic mass is 9.91. The fourth-order valence-electron chi connectivity index (χ4n) is 6.16. The summed E-state index contributed by atoms with van der Waals surface area (Å²) in [6.45, 7) is 0. The van der Waals surface area contributed by atoms with Gasteiger partial charge in [0.25, 0.3) is 0 Å². The molecule has 0 fully saturated rings. The minimum Gasteiger partial charge on any atom is -0.310 e. The van der Waals surface area contributed by atoms with Crippen molar-refractivity contribution in [1.29, 1.82) is 0 Å². The van der Waals surface area contributed by atoms with Gasteiger partial charge in [-0.15, -0.1) is 0 Å². The summed E-state index contributed by atoms with van der Waals surface area (Å²) in [4.78, 5) is 13.2. The molecular formula is C38H26N4. The Morgan fingerprint density at radius 2 is 0.690 bits per heavy atom. The molecule has 2 heterocycles. The molecule has 0 aliphatic carbocycles. The number of hydrogen-bond acceptors (Lipinski definition) is 4. The molecule has 0 saturated heterocycles. The van der Waals surface area contributed by atoms with E-state index in [1.54, 1.807) is 0 Å². The monoisotopic (exact) mass is 538 g/mol. The molecule has 0 radical (unpaired) electrons. The summed E-state index contributed by atoms with van der Waals surface area (Å²) in [5.74, 6) is 0. The molecule has 4 heteroatoms. The Bertz CT molecular complexity index is 1900. The van der Waals surface area contributed by atoms with Crippen molar-refractivity contribution in [1.82, 2.24) is 9.97 Å². The Hall–Kier alpha value is -5.74. The first-order valence-corrected chi connectivity index (χ1v) is 14.1. The number of para-hydroxylation sites is 2. The summed E-state index contributed by atoms with van der Waals surface area (Å²) in [6, 6.07) is 47.4. The van der Waals surface area contributed by atoms with E-state index in [0.29, 0.717) is 0 Å². The summed E-state index contributed by atoms with van der Waals surface area (Å²) in [5.41, 5.74) is 6.61. The maximum absolute atomic E-state index is 4.28. The zero-order chi connectivity index (χ0) is 27.9. The van der Waals surface area contributed by atoms with E-state index in [-0.39, 0.29) is 0 Å². The highest BCUT2D eigenvalue weighted by atomic mass is 15.2. The van der Waals surface area contributed by atoms with Crippen molar-refractivity contribution < 1.29 is 0 Å². The van der Waals surface area contributed by atoms with Crippen molar-refractivity contribution in [2.45, 2.75) is 0 Å². The van der Waals surface area contributed by atoms with Crippen LogP contribution in [-0.4, -0.2) is 9.97 Å². The van der Waals surface area contributed by atoms with Gasteiger partial charge in [-0.2, -0.15) is 0 Å². The van der Waals surface area contributed by atoms with Crippen LogP contribution >= 0.6 is 0 Å². The molecule has 6 aromatic carbocycles. The van der Waals surface area contributed by atoms with E-state index in [1.165, 1.54) is 32.3 Å². The smallest absolute Gasteiger partial charge is 0.0540 e. The highest BCUT2D eigenvalue weighted by Gasteiger charge is 2.21. The summed E-state index contributed by atoms with van der Waals surface area (Å²) in [7, 11) is 0. The lowest BCUT2D eigenvalue weighted by Gasteiger charge is -2.29. The van der Waals surface area contributed by atoms with Crippen molar-refractivity contribution in [3.8, 4) is 0 Å². The second kappa shape index (κ2) is 10.0. The maximum Gasteiger partial charge on any atom is 0.0540 e. The molecule has 8 rings (SSSR count). The van der Waals surface area contributed by atoms with E-state index in [2.05, 4.69) is 153 Å². The Morgan fingerprint density at radius 3 is 1.10 bits per heavy atom. The van der Waals surface area contributed by atoms with Crippen LogP contribution in [0.5, 0.6) is 0 Å². The van der Waals surface area contributed by atoms with Crippen LogP contribution in [0.25, 0.3) is 32.3 Å². The maximum atomic E-state index is 4.28. The summed E-state index contributed by atoms with van der Waals surface area (Å²) < 4.78 is 0. The van der Waals surface area contributed by atoms with Crippen LogP contribution in [0.4, 0.5) is 34.1 Å². The van der Waals surface area contributed by atoms with Gasteiger partial charge in [-0.25, -0.2) is 0 Å². The molecule has 4 nitrogen and oxygen atoms in total. The summed E-state index contributed by atoms with van der Waals surface area (Å²) in [6.07, 6.45) is 7.41. The van der Waals surface area contributed by atoms with E-state index in [4.69, 9.17) is 0 Å². The average Bonchev–Trinajstić information content (AvgIpc) is 3.07. The zero-order valence-electron chi connectivity index (χ0n) is 22.8. The van der Waals surface area contributed by atoms with Crippen LogP contribution in [0, 0.1) is 0 Å². The van der Waals surface area contributed by atoms with E-state index >= 15 is 0 Å². The molecule has 0 N–H and O–H groups in total. The first-order valence-electron chi connectivity index (χ1n) is 14.1. The van der Waals surface area contributed by atoms with Crippen LogP contribution in [0.2, 0.25) is 0 Å². The SMILES string of the molecule is c1ccc(N(c2ccncc2)c2ccc3ccc4ccc(N(c5ccccc5)c5ccncc5)c5ccc2c3c45)cc1. The van der Waals surface area contributed by atoms with E-state index in [0.717, 1.165) is 34.1 Å². The number of rotatable bonds is 6. The molecule has 0 spiro atoms. The fraction of sp³-hybridized carbons (Fsp3) is 0. The third-order valence-electron chi connectivity index (χ3n) is 7.97. The van der Waals surface area contributed by atoms with Gasteiger partial charge in [-0.1, -0.05) is 72.8 Å². The molecule has 0 bridgehead atoms. The van der Waals surface area contributed by atoms with Gasteiger partial charge in [0, 0.05) is 58.3 Å². The third kappa shape index (κ3) is 3.93. The quantitative estimate of drug-likeness (QED) is 0.197. The van der Waals surface area contributed by atoms with Gasteiger partial charge >= 0.3 is 0 Å². The van der Waals surface area contributed by atoms with Crippen LogP contribution in [0.1, 0.15) is 0 Å². The van der Waals surface area contributed by atoms with Gasteiger partial charge in [0.1, 0.15) is 0 Å². The van der Waals surface area contributed by atoms with Crippen molar-refractivity contribution in [3.63, 3.8) is 0 Å². The minimum atomic E-state index is 1.07. The van der Waals surface area contributed by atoms with Crippen molar-refractivity contribution in [2.24, 2.45) is 0 Å². The van der Waals surface area contributed by atoms with Crippen LogP contribution < -0.4 is 9.80 Å². The molecule has 0 aliphatic heterocycles. The van der Waals surface area contributed by atoms with Gasteiger partial charge in [0.05, 0.1) is 11.4 Å². The lowest BCUT2D eigenvalue weighted by Crippen LogP contribution is -2.11. The molecule has 198 valence electrons. The van der Waals surface area contributed by atoms with E-state index in [1.807, 2.05) is 24.8 Å². The highest BCUT2D eigenvalue weighted by molar-refractivity contribution is 6.28. The molecular weight excluding hydrogens is 512 g/mol. The fourth-order valence-corrected chi connectivity index (χ4v) is 6.16.